The monoisotopic (exact) mass is 1080 g/mol. The van der Waals surface area contributed by atoms with Gasteiger partial charge in [-0.25, -0.2) is 4.68 Å². The van der Waals surface area contributed by atoms with Crippen LogP contribution in [0.1, 0.15) is 77.7 Å². The number of carbonyl (C=O) groups is 4. The number of ketones is 1. The van der Waals surface area contributed by atoms with E-state index in [2.05, 4.69) is 20.9 Å². The van der Waals surface area contributed by atoms with E-state index in [9.17, 15) is 24.1 Å². The van der Waals surface area contributed by atoms with Gasteiger partial charge in [0.1, 0.15) is 11.5 Å². The van der Waals surface area contributed by atoms with Crippen molar-refractivity contribution in [3.63, 3.8) is 0 Å². The minimum atomic E-state index is -3.16. The SMILES string of the molecule is CC(=O)CCOCCOCCOCCOCCNC(=O)CCC(=O)N1Cc2ccccc2-c2c(nnn2CCOCCOCCOCCOCCC(=O)NCCCCCCOP(O)(=S)OC(C)C)-c2ccccc21. The summed E-state index contributed by atoms with van der Waals surface area (Å²) in [7, 11) is 0. The molecule has 0 fully saturated rings. The summed E-state index contributed by atoms with van der Waals surface area (Å²) in [5, 5.41) is 14.9. The van der Waals surface area contributed by atoms with Crippen LogP contribution in [0.5, 0.6) is 0 Å². The highest BCUT2D eigenvalue weighted by molar-refractivity contribution is 8.07. The molecule has 0 bridgehead atoms. The first kappa shape index (κ1) is 62.4. The summed E-state index contributed by atoms with van der Waals surface area (Å²) in [4.78, 5) is 61.3. The van der Waals surface area contributed by atoms with Crippen molar-refractivity contribution in [1.29, 1.82) is 0 Å². The maximum absolute atomic E-state index is 13.9. The Morgan fingerprint density at radius 2 is 1.15 bits per heavy atom. The lowest BCUT2D eigenvalue weighted by atomic mass is 9.95. The summed E-state index contributed by atoms with van der Waals surface area (Å²) in [5.41, 5.74) is 4.74. The van der Waals surface area contributed by atoms with Crippen LogP contribution >= 0.6 is 6.72 Å². The minimum Gasteiger partial charge on any atom is -0.379 e. The van der Waals surface area contributed by atoms with Gasteiger partial charge in [-0.1, -0.05) is 60.5 Å². The number of hydrogen-bond donors (Lipinski definition) is 3. The van der Waals surface area contributed by atoms with E-state index in [1.54, 1.807) is 18.7 Å². The molecule has 0 saturated heterocycles. The number of hydrogen-bond acceptors (Lipinski definition) is 17. The molecule has 0 radical (unpaired) electrons. The highest BCUT2D eigenvalue weighted by Gasteiger charge is 2.29. The fourth-order valence-corrected chi connectivity index (χ4v) is 9.02. The minimum absolute atomic E-state index is 0.0123. The van der Waals surface area contributed by atoms with Gasteiger partial charge in [-0.3, -0.25) is 19.2 Å². The molecule has 2 heterocycles. The Morgan fingerprint density at radius 1 is 0.622 bits per heavy atom. The lowest BCUT2D eigenvalue weighted by Crippen LogP contribution is -2.34. The van der Waals surface area contributed by atoms with Crippen LogP contribution < -0.4 is 15.5 Å². The molecule has 414 valence electrons. The normalized spacial score (nSPS) is 12.9. The molecule has 74 heavy (non-hydrogen) atoms. The number of rotatable bonds is 43. The van der Waals surface area contributed by atoms with E-state index in [1.807, 2.05) is 53.2 Å². The molecule has 3 amide bonds. The molecule has 0 saturated carbocycles. The van der Waals surface area contributed by atoms with Crippen LogP contribution in [0.15, 0.2) is 48.5 Å². The third kappa shape index (κ3) is 26.1. The summed E-state index contributed by atoms with van der Waals surface area (Å²) in [6.07, 6.45) is 3.97. The van der Waals surface area contributed by atoms with E-state index in [-0.39, 0.29) is 48.9 Å². The van der Waals surface area contributed by atoms with E-state index in [1.165, 1.54) is 6.92 Å². The van der Waals surface area contributed by atoms with Crippen molar-refractivity contribution in [2.75, 3.05) is 130 Å². The van der Waals surface area contributed by atoms with E-state index < -0.39 is 6.72 Å². The highest BCUT2D eigenvalue weighted by Crippen LogP contribution is 2.45. The lowest BCUT2D eigenvalue weighted by Gasteiger charge is -2.28. The van der Waals surface area contributed by atoms with Crippen LogP contribution in [-0.4, -0.2) is 175 Å². The zero-order valence-electron chi connectivity index (χ0n) is 43.5. The third-order valence-electron chi connectivity index (χ3n) is 11.0. The van der Waals surface area contributed by atoms with Crippen molar-refractivity contribution in [1.82, 2.24) is 25.6 Å². The highest BCUT2D eigenvalue weighted by atomic mass is 32.5. The number of benzene rings is 2. The standard InChI is InChI=1S/C51H79N6O15PS/c1-41(2)72-73(62,74)71-23-11-5-4-10-20-52-48(60)19-25-64-29-33-68-37-39-70-35-31-66-27-22-57-51-44-13-7-6-12-43(44)40-56(46-15-9-8-14-45(46)50(51)54-55-57)49(61)17-16-47(59)53-21-26-65-30-34-69-38-36-67-32-28-63-24-18-42(3)58/h6-9,12-15,41H,4-5,10-11,16-40H2,1-3H3,(H,52,60)(H,53,59)(H,62,74). The first-order chi connectivity index (χ1) is 35.9. The van der Waals surface area contributed by atoms with Gasteiger partial charge in [0.25, 0.3) is 0 Å². The number of amides is 3. The van der Waals surface area contributed by atoms with E-state index in [0.29, 0.717) is 156 Å². The summed E-state index contributed by atoms with van der Waals surface area (Å²) in [5.74, 6) is -0.394. The smallest absolute Gasteiger partial charge is 0.324 e. The second kappa shape index (κ2) is 37.6. The molecule has 1 atom stereocenters. The lowest BCUT2D eigenvalue weighted by molar-refractivity contribution is -0.125. The third-order valence-corrected chi connectivity index (χ3v) is 12.7. The second-order valence-electron chi connectivity index (χ2n) is 17.3. The second-order valence-corrected chi connectivity index (χ2v) is 20.1. The molecule has 0 spiro atoms. The number of anilines is 1. The summed E-state index contributed by atoms with van der Waals surface area (Å²) >= 11 is 4.96. The molecule has 3 aromatic rings. The Balaban J connectivity index is 1.05. The average molecular weight is 1080 g/mol. The van der Waals surface area contributed by atoms with E-state index >= 15 is 0 Å². The maximum Gasteiger partial charge on any atom is 0.324 e. The Kier molecular flexibility index (Phi) is 31.7. The molecule has 1 aromatic heterocycles. The van der Waals surface area contributed by atoms with Crippen LogP contribution in [0, 0.1) is 0 Å². The molecule has 1 unspecified atom stereocenters. The summed E-state index contributed by atoms with van der Waals surface area (Å²) in [6, 6.07) is 15.5. The van der Waals surface area contributed by atoms with Crippen molar-refractivity contribution in [2.45, 2.75) is 91.3 Å². The largest absolute Gasteiger partial charge is 0.379 e. The van der Waals surface area contributed by atoms with Crippen LogP contribution in [0.3, 0.4) is 0 Å². The first-order valence-corrected chi connectivity index (χ1v) is 28.3. The number of ether oxygens (including phenoxy) is 8. The van der Waals surface area contributed by atoms with Gasteiger partial charge in [-0.05, 0) is 57.0 Å². The molecular weight excluding hydrogens is 1000 g/mol. The Bertz CT molecular complexity index is 2130. The van der Waals surface area contributed by atoms with Gasteiger partial charge in [-0.2, -0.15) is 0 Å². The van der Waals surface area contributed by atoms with Gasteiger partial charge >= 0.3 is 6.72 Å². The predicted octanol–water partition coefficient (Wildman–Crippen LogP) is 5.19. The molecular formula is C51H79N6O15PS. The molecule has 21 nitrogen and oxygen atoms in total. The topological polar surface area (TPSA) is 239 Å². The van der Waals surface area contributed by atoms with Gasteiger partial charge in [0.05, 0.1) is 143 Å². The molecule has 3 N–H and O–H groups in total. The maximum atomic E-state index is 13.9. The van der Waals surface area contributed by atoms with Crippen molar-refractivity contribution < 1.29 is 71.0 Å². The van der Waals surface area contributed by atoms with Crippen LogP contribution in [0.25, 0.3) is 22.5 Å². The number of Topliss-reactive ketones (excluding diaryl/α,β-unsaturated/α-hetero) is 1. The molecule has 1 aliphatic heterocycles. The summed E-state index contributed by atoms with van der Waals surface area (Å²) < 4.78 is 56.9. The fourth-order valence-electron chi connectivity index (χ4n) is 7.33. The average Bonchev–Trinajstić information content (AvgIpc) is 3.78. The number of para-hydroxylation sites is 1. The van der Waals surface area contributed by atoms with Crippen LogP contribution in [-0.2, 0) is 91.0 Å². The van der Waals surface area contributed by atoms with Gasteiger partial charge in [0.15, 0.2) is 0 Å². The van der Waals surface area contributed by atoms with Crippen LogP contribution in [0.2, 0.25) is 0 Å². The molecule has 23 heteroatoms. The van der Waals surface area contributed by atoms with Gasteiger partial charge in [-0.15, -0.1) is 5.10 Å². The fraction of sp³-hybridized carbons (Fsp3) is 0.647. The zero-order valence-corrected chi connectivity index (χ0v) is 45.2. The van der Waals surface area contributed by atoms with Crippen LogP contribution in [0.4, 0.5) is 5.69 Å². The zero-order chi connectivity index (χ0) is 53.1. The number of nitrogens with zero attached hydrogens (tertiary/aromatic N) is 4. The number of unbranched alkanes of at least 4 members (excludes halogenated alkanes) is 3. The van der Waals surface area contributed by atoms with E-state index in [4.69, 9.17) is 58.7 Å². The first-order valence-electron chi connectivity index (χ1n) is 25.7. The van der Waals surface area contributed by atoms with Crippen molar-refractivity contribution in [3.8, 4) is 22.5 Å². The molecule has 0 aliphatic carbocycles. The van der Waals surface area contributed by atoms with E-state index in [0.717, 1.165) is 48.1 Å². The van der Waals surface area contributed by atoms with Crippen molar-refractivity contribution >= 4 is 47.7 Å². The Labute approximate surface area is 441 Å². The quantitative estimate of drug-likeness (QED) is 0.0488. The number of nitrogens with one attached hydrogen (secondary N) is 2. The Hall–Kier alpha value is -4.13. The molecule has 1 aliphatic rings. The van der Waals surface area contributed by atoms with Gasteiger partial charge in [0, 0.05) is 49.9 Å². The molecule has 4 rings (SSSR count). The van der Waals surface area contributed by atoms with Crippen molar-refractivity contribution in [3.05, 3.63) is 54.1 Å². The number of carbonyl (C=O) groups excluding carboxylic acids is 4. The van der Waals surface area contributed by atoms with Gasteiger partial charge in [0.2, 0.25) is 17.7 Å². The van der Waals surface area contributed by atoms with Crippen molar-refractivity contribution in [2.24, 2.45) is 0 Å². The number of aromatic nitrogens is 3. The number of fused-ring (bicyclic) bond motifs is 5. The van der Waals surface area contributed by atoms with Gasteiger partial charge < -0.3 is 67.4 Å². The predicted molar refractivity (Wildman–Crippen MR) is 281 cm³/mol. The summed E-state index contributed by atoms with van der Waals surface area (Å²) in [6.45, 7) is 10.1. The Morgan fingerprint density at radius 3 is 1.78 bits per heavy atom. The molecule has 2 aromatic carbocycles.